The molecule has 3 nitrogen and oxygen atoms in total. The van der Waals surface area contributed by atoms with Crippen LogP contribution in [0.4, 0.5) is 0 Å². The van der Waals surface area contributed by atoms with Crippen molar-refractivity contribution in [2.45, 2.75) is 58.2 Å². The number of rotatable bonds is 1. The molecule has 2 aliphatic heterocycles. The van der Waals surface area contributed by atoms with Gasteiger partial charge < -0.3 is 4.90 Å². The average Bonchev–Trinajstić information content (AvgIpc) is 2.73. The number of nitrogens with zero attached hydrogens (tertiary/aromatic N) is 2. The largest absolute Gasteiger partial charge is 0.337 e. The van der Waals surface area contributed by atoms with Gasteiger partial charge >= 0.3 is 0 Å². The third-order valence-corrected chi connectivity index (χ3v) is 3.73. The van der Waals surface area contributed by atoms with E-state index >= 15 is 0 Å². The minimum Gasteiger partial charge on any atom is -0.337 e. The van der Waals surface area contributed by atoms with Crippen LogP contribution >= 0.6 is 0 Å². The zero-order chi connectivity index (χ0) is 11.2. The van der Waals surface area contributed by atoms with Crippen LogP contribution in [0.2, 0.25) is 0 Å². The highest BCUT2D eigenvalue weighted by Gasteiger charge is 2.47. The SMILES string of the molecule is CCC(=O)N1C[C@H]2C[C@@H]1CN2C(C)(C)C. The third-order valence-electron chi connectivity index (χ3n) is 3.73. The Hall–Kier alpha value is -0.570. The fourth-order valence-corrected chi connectivity index (χ4v) is 3.00. The summed E-state index contributed by atoms with van der Waals surface area (Å²) >= 11 is 0. The van der Waals surface area contributed by atoms with E-state index in [1.54, 1.807) is 0 Å². The summed E-state index contributed by atoms with van der Waals surface area (Å²) in [5.41, 5.74) is 0.251. The molecule has 3 heteroatoms. The Kier molecular flexibility index (Phi) is 2.53. The summed E-state index contributed by atoms with van der Waals surface area (Å²) in [6.07, 6.45) is 1.84. The first-order valence-electron chi connectivity index (χ1n) is 5.99. The maximum Gasteiger partial charge on any atom is 0.222 e. The third kappa shape index (κ3) is 1.78. The maximum atomic E-state index is 11.7. The molecule has 86 valence electrons. The number of fused-ring (bicyclic) bond motifs is 2. The molecule has 0 aromatic carbocycles. The van der Waals surface area contributed by atoms with Crippen molar-refractivity contribution in [1.29, 1.82) is 0 Å². The lowest BCUT2D eigenvalue weighted by atomic mass is 10.0. The van der Waals surface area contributed by atoms with Crippen molar-refractivity contribution in [3.05, 3.63) is 0 Å². The number of hydrogen-bond acceptors (Lipinski definition) is 2. The van der Waals surface area contributed by atoms with E-state index in [4.69, 9.17) is 0 Å². The molecule has 2 atom stereocenters. The van der Waals surface area contributed by atoms with E-state index in [0.29, 0.717) is 24.4 Å². The number of hydrogen-bond donors (Lipinski definition) is 0. The van der Waals surface area contributed by atoms with Gasteiger partial charge in [0.25, 0.3) is 0 Å². The standard InChI is InChI=1S/C12H22N2O/c1-5-11(15)13-7-10-6-9(13)8-14(10)12(2,3)4/h9-10H,5-8H2,1-4H3/t9-,10-/m1/s1. The summed E-state index contributed by atoms with van der Waals surface area (Å²) in [6.45, 7) is 10.8. The van der Waals surface area contributed by atoms with Crippen molar-refractivity contribution >= 4 is 5.91 Å². The van der Waals surface area contributed by atoms with Crippen molar-refractivity contribution in [2.75, 3.05) is 13.1 Å². The molecule has 2 heterocycles. The zero-order valence-corrected chi connectivity index (χ0v) is 10.3. The van der Waals surface area contributed by atoms with E-state index in [9.17, 15) is 4.79 Å². The molecule has 2 aliphatic rings. The minimum absolute atomic E-state index is 0.251. The zero-order valence-electron chi connectivity index (χ0n) is 10.3. The maximum absolute atomic E-state index is 11.7. The molecule has 0 spiro atoms. The minimum atomic E-state index is 0.251. The quantitative estimate of drug-likeness (QED) is 0.654. The van der Waals surface area contributed by atoms with Gasteiger partial charge in [0.15, 0.2) is 0 Å². The molecule has 0 unspecified atom stereocenters. The topological polar surface area (TPSA) is 23.6 Å². The van der Waals surface area contributed by atoms with Crippen LogP contribution in [0.1, 0.15) is 40.5 Å². The van der Waals surface area contributed by atoms with Gasteiger partial charge in [-0.2, -0.15) is 0 Å². The van der Waals surface area contributed by atoms with Gasteiger partial charge in [-0.25, -0.2) is 0 Å². The van der Waals surface area contributed by atoms with E-state index in [2.05, 4.69) is 30.6 Å². The van der Waals surface area contributed by atoms with Crippen molar-refractivity contribution < 1.29 is 4.79 Å². The van der Waals surface area contributed by atoms with Crippen LogP contribution in [0, 0.1) is 0 Å². The van der Waals surface area contributed by atoms with Gasteiger partial charge in [-0.3, -0.25) is 9.69 Å². The number of carbonyl (C=O) groups excluding carboxylic acids is 1. The first-order valence-corrected chi connectivity index (χ1v) is 5.99. The lowest BCUT2D eigenvalue weighted by Gasteiger charge is -2.42. The predicted octanol–water partition coefficient (Wildman–Crippen LogP) is 1.48. The fraction of sp³-hybridized carbons (Fsp3) is 0.917. The van der Waals surface area contributed by atoms with Crippen LogP contribution in [0.15, 0.2) is 0 Å². The van der Waals surface area contributed by atoms with Gasteiger partial charge in [0.2, 0.25) is 5.91 Å². The molecule has 0 N–H and O–H groups in total. The summed E-state index contributed by atoms with van der Waals surface area (Å²) in [7, 11) is 0. The first-order chi connectivity index (χ1) is 6.93. The molecule has 2 rings (SSSR count). The lowest BCUT2D eigenvalue weighted by molar-refractivity contribution is -0.133. The number of piperazine rings is 1. The Morgan fingerprint density at radius 2 is 1.93 bits per heavy atom. The van der Waals surface area contributed by atoms with Crippen LogP contribution in [-0.4, -0.2) is 46.4 Å². The molecular weight excluding hydrogens is 188 g/mol. The Balaban J connectivity index is 2.03. The van der Waals surface area contributed by atoms with Gasteiger partial charge in [0, 0.05) is 37.1 Å². The normalized spacial score (nSPS) is 31.3. The Bertz CT molecular complexity index is 269. The molecule has 0 aliphatic carbocycles. The van der Waals surface area contributed by atoms with Gasteiger partial charge in [0.1, 0.15) is 0 Å². The molecule has 0 radical (unpaired) electrons. The van der Waals surface area contributed by atoms with Crippen LogP contribution < -0.4 is 0 Å². The van der Waals surface area contributed by atoms with E-state index in [1.165, 1.54) is 6.42 Å². The second kappa shape index (κ2) is 3.48. The first kappa shape index (κ1) is 10.9. The van der Waals surface area contributed by atoms with Crippen molar-refractivity contribution in [2.24, 2.45) is 0 Å². The second-order valence-electron chi connectivity index (χ2n) is 5.77. The molecular formula is C12H22N2O. The highest BCUT2D eigenvalue weighted by atomic mass is 16.2. The molecule has 0 saturated carbocycles. The molecule has 2 bridgehead atoms. The summed E-state index contributed by atoms with van der Waals surface area (Å²) in [5.74, 6) is 0.330. The van der Waals surface area contributed by atoms with Crippen LogP contribution in [0.25, 0.3) is 0 Å². The average molecular weight is 210 g/mol. The Morgan fingerprint density at radius 1 is 1.27 bits per heavy atom. The molecule has 15 heavy (non-hydrogen) atoms. The number of carbonyl (C=O) groups is 1. The fourth-order valence-electron chi connectivity index (χ4n) is 3.00. The molecule has 1 amide bonds. The van der Waals surface area contributed by atoms with Gasteiger partial charge in [0.05, 0.1) is 0 Å². The number of amides is 1. The summed E-state index contributed by atoms with van der Waals surface area (Å²) in [6, 6.07) is 1.09. The highest BCUT2D eigenvalue weighted by Crippen LogP contribution is 2.35. The second-order valence-corrected chi connectivity index (χ2v) is 5.77. The predicted molar refractivity (Wildman–Crippen MR) is 60.7 cm³/mol. The van der Waals surface area contributed by atoms with Crippen LogP contribution in [0.3, 0.4) is 0 Å². The summed E-state index contributed by atoms with van der Waals surface area (Å²) < 4.78 is 0. The molecule has 0 aromatic rings. The monoisotopic (exact) mass is 210 g/mol. The van der Waals surface area contributed by atoms with Gasteiger partial charge in [-0.15, -0.1) is 0 Å². The van der Waals surface area contributed by atoms with E-state index in [0.717, 1.165) is 13.1 Å². The van der Waals surface area contributed by atoms with Gasteiger partial charge in [-0.05, 0) is 27.2 Å². The Morgan fingerprint density at radius 3 is 2.33 bits per heavy atom. The van der Waals surface area contributed by atoms with Crippen molar-refractivity contribution in [3.8, 4) is 0 Å². The smallest absolute Gasteiger partial charge is 0.222 e. The van der Waals surface area contributed by atoms with E-state index in [1.807, 2.05) is 6.92 Å². The van der Waals surface area contributed by atoms with Crippen LogP contribution in [-0.2, 0) is 4.79 Å². The molecule has 0 aromatic heterocycles. The number of likely N-dealkylation sites (tertiary alicyclic amines) is 2. The van der Waals surface area contributed by atoms with Crippen molar-refractivity contribution in [1.82, 2.24) is 9.80 Å². The Labute approximate surface area is 92.4 Å². The molecule has 2 fully saturated rings. The lowest BCUT2D eigenvalue weighted by Crippen LogP contribution is -2.54. The highest BCUT2D eigenvalue weighted by molar-refractivity contribution is 5.76. The van der Waals surface area contributed by atoms with E-state index < -0.39 is 0 Å². The van der Waals surface area contributed by atoms with Crippen molar-refractivity contribution in [3.63, 3.8) is 0 Å². The molecule has 2 saturated heterocycles. The van der Waals surface area contributed by atoms with Gasteiger partial charge in [-0.1, -0.05) is 6.92 Å². The summed E-state index contributed by atoms with van der Waals surface area (Å²) in [5, 5.41) is 0. The van der Waals surface area contributed by atoms with Crippen LogP contribution in [0.5, 0.6) is 0 Å². The van der Waals surface area contributed by atoms with E-state index in [-0.39, 0.29) is 5.54 Å². The summed E-state index contributed by atoms with van der Waals surface area (Å²) in [4.78, 5) is 16.3.